The van der Waals surface area contributed by atoms with Crippen molar-refractivity contribution in [3.8, 4) is 5.75 Å². The molecule has 1 unspecified atom stereocenters. The van der Waals surface area contributed by atoms with E-state index in [-0.39, 0.29) is 11.7 Å². The van der Waals surface area contributed by atoms with Gasteiger partial charge in [0.1, 0.15) is 5.75 Å². The Balaban J connectivity index is 2.49. The van der Waals surface area contributed by atoms with E-state index in [0.29, 0.717) is 31.1 Å². The number of aromatic hydroxyl groups is 1. The molecule has 4 N–H and O–H groups in total. The first-order valence-electron chi connectivity index (χ1n) is 7.40. The molecule has 0 aliphatic carbocycles. The number of phenolic OH excluding ortho intramolecular Hbond substituents is 1. The van der Waals surface area contributed by atoms with Gasteiger partial charge in [-0.3, -0.25) is 0 Å². The van der Waals surface area contributed by atoms with Crippen molar-refractivity contribution in [2.24, 2.45) is 5.92 Å². The number of carbonyl (C=O) groups is 1. The Morgan fingerprint density at radius 2 is 2.19 bits per heavy atom. The van der Waals surface area contributed by atoms with Crippen molar-refractivity contribution in [3.05, 3.63) is 22.8 Å². The zero-order chi connectivity index (χ0) is 15.7. The summed E-state index contributed by atoms with van der Waals surface area (Å²) < 4.78 is 0. The SMILES string of the molecule is Cc1c(O)c(N)cc2c1CCN(C(=O)O)CC2CC(C)C. The maximum absolute atomic E-state index is 11.4. The topological polar surface area (TPSA) is 86.8 Å². The summed E-state index contributed by atoms with van der Waals surface area (Å²) in [5.41, 5.74) is 9.21. The third-order valence-electron chi connectivity index (χ3n) is 4.28. The molecule has 0 saturated carbocycles. The Hall–Kier alpha value is -1.91. The summed E-state index contributed by atoms with van der Waals surface area (Å²) in [4.78, 5) is 12.8. The molecular weight excluding hydrogens is 268 g/mol. The number of amides is 1. The minimum Gasteiger partial charge on any atom is -0.506 e. The number of nitrogens with two attached hydrogens (primary N) is 1. The number of rotatable bonds is 2. The molecule has 1 aromatic carbocycles. The Labute approximate surface area is 125 Å². The second-order valence-electron chi connectivity index (χ2n) is 6.31. The summed E-state index contributed by atoms with van der Waals surface area (Å²) in [5, 5.41) is 19.4. The van der Waals surface area contributed by atoms with Crippen LogP contribution in [0.25, 0.3) is 0 Å². The number of hydrogen-bond acceptors (Lipinski definition) is 3. The number of fused-ring (bicyclic) bond motifs is 1. The number of carboxylic acid groups (broad SMARTS) is 1. The van der Waals surface area contributed by atoms with Crippen LogP contribution in [0.3, 0.4) is 0 Å². The van der Waals surface area contributed by atoms with Gasteiger partial charge in [0, 0.05) is 19.0 Å². The summed E-state index contributed by atoms with van der Waals surface area (Å²) in [6.07, 6.45) is 0.641. The smallest absolute Gasteiger partial charge is 0.407 e. The van der Waals surface area contributed by atoms with Crippen LogP contribution in [0.5, 0.6) is 5.75 Å². The normalized spacial score (nSPS) is 18.5. The van der Waals surface area contributed by atoms with E-state index in [1.165, 1.54) is 4.90 Å². The molecule has 1 aromatic rings. The molecule has 1 aliphatic rings. The molecule has 2 rings (SSSR count). The minimum atomic E-state index is -0.883. The van der Waals surface area contributed by atoms with Crippen molar-refractivity contribution in [3.63, 3.8) is 0 Å². The van der Waals surface area contributed by atoms with E-state index in [2.05, 4.69) is 13.8 Å². The maximum Gasteiger partial charge on any atom is 0.407 e. The van der Waals surface area contributed by atoms with Crippen molar-refractivity contribution in [2.45, 2.75) is 39.5 Å². The van der Waals surface area contributed by atoms with Gasteiger partial charge in [-0.05, 0) is 48.4 Å². The van der Waals surface area contributed by atoms with Crippen LogP contribution in [0.2, 0.25) is 0 Å². The predicted octanol–water partition coefficient (Wildman–Crippen LogP) is 2.95. The van der Waals surface area contributed by atoms with Crippen LogP contribution in [-0.2, 0) is 6.42 Å². The Morgan fingerprint density at radius 3 is 2.76 bits per heavy atom. The van der Waals surface area contributed by atoms with Gasteiger partial charge >= 0.3 is 6.09 Å². The van der Waals surface area contributed by atoms with Gasteiger partial charge < -0.3 is 20.8 Å². The highest BCUT2D eigenvalue weighted by molar-refractivity contribution is 5.66. The van der Waals surface area contributed by atoms with Crippen LogP contribution < -0.4 is 5.73 Å². The van der Waals surface area contributed by atoms with Crippen LogP contribution in [0, 0.1) is 12.8 Å². The summed E-state index contributed by atoms with van der Waals surface area (Å²) in [5.74, 6) is 0.716. The predicted molar refractivity (Wildman–Crippen MR) is 82.8 cm³/mol. The molecule has 1 atom stereocenters. The van der Waals surface area contributed by atoms with E-state index < -0.39 is 6.09 Å². The summed E-state index contributed by atoms with van der Waals surface area (Å²) in [6, 6.07) is 1.83. The van der Waals surface area contributed by atoms with E-state index in [4.69, 9.17) is 5.73 Å². The van der Waals surface area contributed by atoms with E-state index in [1.807, 2.05) is 13.0 Å². The van der Waals surface area contributed by atoms with Gasteiger partial charge in [-0.1, -0.05) is 13.8 Å². The molecule has 1 heterocycles. The van der Waals surface area contributed by atoms with Crippen LogP contribution in [0.1, 0.15) is 42.9 Å². The van der Waals surface area contributed by atoms with E-state index in [9.17, 15) is 15.0 Å². The van der Waals surface area contributed by atoms with E-state index in [1.54, 1.807) is 0 Å². The number of anilines is 1. The highest BCUT2D eigenvalue weighted by atomic mass is 16.4. The third-order valence-corrected chi connectivity index (χ3v) is 4.28. The van der Waals surface area contributed by atoms with E-state index >= 15 is 0 Å². The molecule has 0 fully saturated rings. The number of nitrogens with zero attached hydrogens (tertiary/aromatic N) is 1. The summed E-state index contributed by atoms with van der Waals surface area (Å²) in [7, 11) is 0. The molecular formula is C16H24N2O3. The molecule has 5 heteroatoms. The molecule has 0 bridgehead atoms. The lowest BCUT2D eigenvalue weighted by Gasteiger charge is -2.24. The zero-order valence-corrected chi connectivity index (χ0v) is 12.9. The largest absolute Gasteiger partial charge is 0.506 e. The first-order chi connectivity index (χ1) is 9.81. The number of nitrogen functional groups attached to an aromatic ring is 1. The fraction of sp³-hybridized carbons (Fsp3) is 0.562. The number of hydrogen-bond donors (Lipinski definition) is 3. The first-order valence-corrected chi connectivity index (χ1v) is 7.40. The molecule has 21 heavy (non-hydrogen) atoms. The molecule has 1 amide bonds. The summed E-state index contributed by atoms with van der Waals surface area (Å²) in [6.45, 7) is 7.07. The lowest BCUT2D eigenvalue weighted by atomic mass is 9.85. The molecule has 0 radical (unpaired) electrons. The monoisotopic (exact) mass is 292 g/mol. The zero-order valence-electron chi connectivity index (χ0n) is 12.9. The third kappa shape index (κ3) is 3.06. The maximum atomic E-state index is 11.4. The van der Waals surface area contributed by atoms with Gasteiger partial charge in [0.2, 0.25) is 0 Å². The molecule has 116 valence electrons. The average molecular weight is 292 g/mol. The van der Waals surface area contributed by atoms with E-state index in [0.717, 1.165) is 23.1 Å². The molecule has 0 aromatic heterocycles. The highest BCUT2D eigenvalue weighted by Crippen LogP contribution is 2.38. The second kappa shape index (κ2) is 5.84. The van der Waals surface area contributed by atoms with Gasteiger partial charge in [0.15, 0.2) is 0 Å². The molecule has 0 spiro atoms. The van der Waals surface area contributed by atoms with Gasteiger partial charge in [0.05, 0.1) is 5.69 Å². The number of phenols is 1. The van der Waals surface area contributed by atoms with Crippen molar-refractivity contribution < 1.29 is 15.0 Å². The average Bonchev–Trinajstić information content (AvgIpc) is 2.56. The lowest BCUT2D eigenvalue weighted by molar-refractivity contribution is 0.142. The second-order valence-corrected chi connectivity index (χ2v) is 6.31. The standard InChI is InChI=1S/C16H24N2O3/c1-9(2)6-11-8-18(16(20)21)5-4-12-10(3)15(19)14(17)7-13(11)12/h7,9,11,19H,4-6,8,17H2,1-3H3,(H,20,21). The van der Waals surface area contributed by atoms with Gasteiger partial charge in [-0.2, -0.15) is 0 Å². The van der Waals surface area contributed by atoms with Crippen LogP contribution in [0.4, 0.5) is 10.5 Å². The molecule has 1 aliphatic heterocycles. The Kier molecular flexibility index (Phi) is 4.30. The first kappa shape index (κ1) is 15.5. The lowest BCUT2D eigenvalue weighted by Crippen LogP contribution is -2.33. The Morgan fingerprint density at radius 1 is 1.52 bits per heavy atom. The Bertz CT molecular complexity index is 555. The van der Waals surface area contributed by atoms with Crippen molar-refractivity contribution in [1.29, 1.82) is 0 Å². The van der Waals surface area contributed by atoms with Crippen LogP contribution >= 0.6 is 0 Å². The number of benzene rings is 1. The van der Waals surface area contributed by atoms with Crippen LogP contribution in [-0.4, -0.2) is 34.3 Å². The van der Waals surface area contributed by atoms with Crippen LogP contribution in [0.15, 0.2) is 6.07 Å². The molecule has 0 saturated heterocycles. The fourth-order valence-corrected chi connectivity index (χ4v) is 3.24. The molecule has 5 nitrogen and oxygen atoms in total. The summed E-state index contributed by atoms with van der Waals surface area (Å²) >= 11 is 0. The van der Waals surface area contributed by atoms with Crippen molar-refractivity contribution in [2.75, 3.05) is 18.8 Å². The van der Waals surface area contributed by atoms with Gasteiger partial charge in [-0.15, -0.1) is 0 Å². The quantitative estimate of drug-likeness (QED) is 0.577. The van der Waals surface area contributed by atoms with Crippen molar-refractivity contribution in [1.82, 2.24) is 4.90 Å². The van der Waals surface area contributed by atoms with Gasteiger partial charge in [0.25, 0.3) is 0 Å². The fourth-order valence-electron chi connectivity index (χ4n) is 3.24. The highest BCUT2D eigenvalue weighted by Gasteiger charge is 2.28. The minimum absolute atomic E-state index is 0.125. The van der Waals surface area contributed by atoms with Gasteiger partial charge in [-0.25, -0.2) is 4.79 Å². The van der Waals surface area contributed by atoms with Crippen molar-refractivity contribution >= 4 is 11.8 Å².